The minimum atomic E-state index is -3.57. The molecule has 0 fully saturated rings. The lowest BCUT2D eigenvalue weighted by molar-refractivity contribution is 0.199. The zero-order chi connectivity index (χ0) is 14.6. The zero-order valence-corrected chi connectivity index (χ0v) is 11.7. The molecule has 0 saturated carbocycles. The second kappa shape index (κ2) is 6.12. The van der Waals surface area contributed by atoms with Crippen molar-refractivity contribution in [3.8, 4) is 0 Å². The highest BCUT2D eigenvalue weighted by molar-refractivity contribution is 7.89. The summed E-state index contributed by atoms with van der Waals surface area (Å²) >= 11 is 0. The third-order valence-corrected chi connectivity index (χ3v) is 4.20. The molecule has 0 saturated heterocycles. The zero-order valence-electron chi connectivity index (χ0n) is 10.9. The van der Waals surface area contributed by atoms with E-state index in [2.05, 4.69) is 19.4 Å². The van der Waals surface area contributed by atoms with Crippen molar-refractivity contribution in [3.05, 3.63) is 42.0 Å². The van der Waals surface area contributed by atoms with E-state index in [-0.39, 0.29) is 11.4 Å². The fourth-order valence-electron chi connectivity index (χ4n) is 1.61. The minimum Gasteiger partial charge on any atom is -0.389 e. The Labute approximate surface area is 116 Å². The first-order valence-electron chi connectivity index (χ1n) is 6.02. The predicted octanol–water partition coefficient (Wildman–Crippen LogP) is 0.644. The summed E-state index contributed by atoms with van der Waals surface area (Å²) in [5, 5.41) is 13.0. The van der Waals surface area contributed by atoms with Crippen molar-refractivity contribution in [3.63, 3.8) is 0 Å². The van der Waals surface area contributed by atoms with E-state index in [0.29, 0.717) is 17.8 Å². The summed E-state index contributed by atoms with van der Waals surface area (Å²) in [6, 6.07) is 6.08. The Morgan fingerprint density at radius 2 is 2.05 bits per heavy atom. The summed E-state index contributed by atoms with van der Waals surface area (Å²) in [5.74, 6) is 0.442. The first-order valence-corrected chi connectivity index (χ1v) is 7.50. The highest BCUT2D eigenvalue weighted by Crippen LogP contribution is 2.15. The molecular weight excluding hydrogens is 282 g/mol. The number of hydrogen-bond acceptors (Lipinski definition) is 6. The molecule has 1 unspecified atom stereocenters. The van der Waals surface area contributed by atoms with Crippen LogP contribution in [0.5, 0.6) is 0 Å². The van der Waals surface area contributed by atoms with Crippen molar-refractivity contribution in [2.24, 2.45) is 0 Å². The number of aliphatic hydroxyl groups is 1. The third kappa shape index (κ3) is 3.62. The molecule has 2 aromatic rings. The summed E-state index contributed by atoms with van der Waals surface area (Å²) in [4.78, 5) is 3.95. The van der Waals surface area contributed by atoms with E-state index in [4.69, 9.17) is 0 Å². The van der Waals surface area contributed by atoms with E-state index < -0.39 is 16.1 Å². The number of rotatable bonds is 6. The summed E-state index contributed by atoms with van der Waals surface area (Å²) < 4.78 is 31.0. The van der Waals surface area contributed by atoms with E-state index in [1.807, 2.05) is 0 Å². The van der Waals surface area contributed by atoms with Gasteiger partial charge in [-0.1, -0.05) is 17.3 Å². The number of hydrogen-bond donors (Lipinski definition) is 2. The Bertz CT molecular complexity index is 636. The molecule has 2 N–H and O–H groups in total. The van der Waals surface area contributed by atoms with E-state index in [1.54, 1.807) is 19.1 Å². The molecule has 0 radical (unpaired) electrons. The van der Waals surface area contributed by atoms with Gasteiger partial charge in [0.25, 0.3) is 0 Å². The van der Waals surface area contributed by atoms with Gasteiger partial charge in [0.1, 0.15) is 0 Å². The standard InChI is InChI=1S/C12H15N3O4S/c1-9(16)10-2-4-11(5-3-10)20(17,18)14-7-6-12-13-8-19-15-12/h2-5,8-9,14,16H,6-7H2,1H3. The smallest absolute Gasteiger partial charge is 0.240 e. The van der Waals surface area contributed by atoms with Gasteiger partial charge in [-0.25, -0.2) is 13.1 Å². The second-order valence-corrected chi connectivity index (χ2v) is 6.01. The maximum atomic E-state index is 12.0. The largest absolute Gasteiger partial charge is 0.389 e. The molecule has 7 nitrogen and oxygen atoms in total. The van der Waals surface area contributed by atoms with E-state index in [9.17, 15) is 13.5 Å². The molecule has 0 aliphatic carbocycles. The highest BCUT2D eigenvalue weighted by atomic mass is 32.2. The van der Waals surface area contributed by atoms with Gasteiger partial charge >= 0.3 is 0 Å². The molecule has 20 heavy (non-hydrogen) atoms. The summed E-state index contributed by atoms with van der Waals surface area (Å²) in [6.07, 6.45) is 0.915. The van der Waals surface area contributed by atoms with Gasteiger partial charge < -0.3 is 9.63 Å². The van der Waals surface area contributed by atoms with Crippen LogP contribution in [0.1, 0.15) is 24.4 Å². The number of aliphatic hydroxyl groups excluding tert-OH is 1. The van der Waals surface area contributed by atoms with E-state index in [0.717, 1.165) is 0 Å². The molecule has 0 aliphatic rings. The molecule has 0 amide bonds. The van der Waals surface area contributed by atoms with Crippen LogP contribution in [-0.2, 0) is 16.4 Å². The van der Waals surface area contributed by atoms with Crippen molar-refractivity contribution in [2.75, 3.05) is 6.54 Å². The van der Waals surface area contributed by atoms with Crippen molar-refractivity contribution in [1.82, 2.24) is 14.9 Å². The summed E-state index contributed by atoms with van der Waals surface area (Å²) in [7, 11) is -3.57. The molecule has 0 aliphatic heterocycles. The maximum Gasteiger partial charge on any atom is 0.240 e. The van der Waals surface area contributed by atoms with Crippen molar-refractivity contribution < 1.29 is 18.0 Å². The van der Waals surface area contributed by atoms with Crippen molar-refractivity contribution in [2.45, 2.75) is 24.3 Å². The Balaban J connectivity index is 1.99. The monoisotopic (exact) mass is 297 g/mol. The molecule has 1 heterocycles. The molecule has 108 valence electrons. The number of nitrogens with zero attached hydrogens (tertiary/aromatic N) is 2. The second-order valence-electron chi connectivity index (χ2n) is 4.24. The fraction of sp³-hybridized carbons (Fsp3) is 0.333. The van der Waals surface area contributed by atoms with Crippen LogP contribution < -0.4 is 4.72 Å². The minimum absolute atomic E-state index is 0.148. The lowest BCUT2D eigenvalue weighted by Crippen LogP contribution is -2.26. The molecule has 2 rings (SSSR count). The van der Waals surface area contributed by atoms with Gasteiger partial charge in [-0.2, -0.15) is 4.98 Å². The highest BCUT2D eigenvalue weighted by Gasteiger charge is 2.14. The molecule has 8 heteroatoms. The normalized spacial score (nSPS) is 13.3. The topological polar surface area (TPSA) is 105 Å². The Hall–Kier alpha value is -1.77. The third-order valence-electron chi connectivity index (χ3n) is 2.72. The van der Waals surface area contributed by atoms with Gasteiger partial charge in [0, 0.05) is 13.0 Å². The van der Waals surface area contributed by atoms with Crippen LogP contribution in [0, 0.1) is 0 Å². The molecular formula is C12H15N3O4S. The lowest BCUT2D eigenvalue weighted by Gasteiger charge is -2.08. The fourth-order valence-corrected chi connectivity index (χ4v) is 2.64. The number of nitrogens with one attached hydrogen (secondary N) is 1. The van der Waals surface area contributed by atoms with Crippen LogP contribution in [0.15, 0.2) is 40.1 Å². The molecule has 0 spiro atoms. The van der Waals surface area contributed by atoms with Gasteiger partial charge in [0.15, 0.2) is 5.82 Å². The Kier molecular flexibility index (Phi) is 4.48. The maximum absolute atomic E-state index is 12.0. The lowest BCUT2D eigenvalue weighted by atomic mass is 10.1. The predicted molar refractivity (Wildman–Crippen MR) is 70.3 cm³/mol. The van der Waals surface area contributed by atoms with Crippen LogP contribution in [0.3, 0.4) is 0 Å². The quantitative estimate of drug-likeness (QED) is 0.810. The number of sulfonamides is 1. The van der Waals surface area contributed by atoms with Crippen LogP contribution in [0.25, 0.3) is 0 Å². The van der Waals surface area contributed by atoms with Gasteiger partial charge in [-0.3, -0.25) is 0 Å². The van der Waals surface area contributed by atoms with E-state index >= 15 is 0 Å². The molecule has 1 aromatic carbocycles. The van der Waals surface area contributed by atoms with Crippen molar-refractivity contribution in [1.29, 1.82) is 0 Å². The van der Waals surface area contributed by atoms with Crippen LogP contribution in [-0.4, -0.2) is 30.2 Å². The van der Waals surface area contributed by atoms with Crippen LogP contribution in [0.2, 0.25) is 0 Å². The average Bonchev–Trinajstić information content (AvgIpc) is 2.92. The molecule has 0 bridgehead atoms. The SMILES string of the molecule is CC(O)c1ccc(S(=O)(=O)NCCc2ncon2)cc1. The summed E-state index contributed by atoms with van der Waals surface area (Å²) in [5.41, 5.74) is 0.663. The summed E-state index contributed by atoms with van der Waals surface area (Å²) in [6.45, 7) is 1.80. The number of aromatic nitrogens is 2. The van der Waals surface area contributed by atoms with Crippen LogP contribution in [0.4, 0.5) is 0 Å². The Morgan fingerprint density at radius 1 is 1.35 bits per heavy atom. The molecule has 1 aromatic heterocycles. The van der Waals surface area contributed by atoms with Gasteiger partial charge in [-0.05, 0) is 24.6 Å². The van der Waals surface area contributed by atoms with E-state index in [1.165, 1.54) is 18.5 Å². The average molecular weight is 297 g/mol. The molecule has 1 atom stereocenters. The first-order chi connectivity index (χ1) is 9.49. The first kappa shape index (κ1) is 14.6. The van der Waals surface area contributed by atoms with Crippen LogP contribution >= 0.6 is 0 Å². The van der Waals surface area contributed by atoms with Gasteiger partial charge in [-0.15, -0.1) is 0 Å². The number of benzene rings is 1. The van der Waals surface area contributed by atoms with Crippen molar-refractivity contribution >= 4 is 10.0 Å². The van der Waals surface area contributed by atoms with Gasteiger partial charge in [0.05, 0.1) is 11.0 Å². The Morgan fingerprint density at radius 3 is 2.60 bits per heavy atom. The van der Waals surface area contributed by atoms with Gasteiger partial charge in [0.2, 0.25) is 16.4 Å².